The van der Waals surface area contributed by atoms with E-state index in [1.165, 1.54) is 0 Å². The Morgan fingerprint density at radius 1 is 1.00 bits per heavy atom. The van der Waals surface area contributed by atoms with E-state index < -0.39 is 31.4 Å². The van der Waals surface area contributed by atoms with Crippen LogP contribution in [0.15, 0.2) is 0 Å². The van der Waals surface area contributed by atoms with Gasteiger partial charge >= 0.3 is 12.3 Å². The second-order valence-electron chi connectivity index (χ2n) is 2.13. The predicted molar refractivity (Wildman–Crippen MR) is 25.9 cm³/mol. The minimum Gasteiger partial charge on any atom is -0.244 e. The van der Waals surface area contributed by atoms with Crippen LogP contribution >= 0.6 is 0 Å². The lowest BCUT2D eigenvalue weighted by Crippen LogP contribution is -2.32. The fourth-order valence-corrected chi connectivity index (χ4v) is 0.439. The molecule has 0 aromatic rings. The van der Waals surface area contributed by atoms with Crippen molar-refractivity contribution in [2.24, 2.45) is 0 Å². The highest BCUT2D eigenvalue weighted by atomic mass is 19.3. The van der Waals surface area contributed by atoms with Crippen LogP contribution in [0.1, 0.15) is 6.42 Å². The van der Waals surface area contributed by atoms with Crippen molar-refractivity contribution in [1.29, 1.82) is 0 Å². The van der Waals surface area contributed by atoms with Crippen LogP contribution in [-0.4, -0.2) is 18.5 Å². The molecule has 0 saturated carbocycles. The van der Waals surface area contributed by atoms with E-state index in [1.807, 2.05) is 0 Å². The SMILES string of the molecule is FCC(F)(F)CC(F)(F)[C](F)F. The van der Waals surface area contributed by atoms with Crippen LogP contribution in [-0.2, 0) is 0 Å². The first-order valence-corrected chi connectivity index (χ1v) is 2.71. The van der Waals surface area contributed by atoms with Gasteiger partial charge in [0.15, 0.2) is 6.67 Å². The van der Waals surface area contributed by atoms with Crippen LogP contribution in [0, 0.1) is 6.43 Å². The Kier molecular flexibility index (Phi) is 3.34. The van der Waals surface area contributed by atoms with Gasteiger partial charge in [0.1, 0.15) is 0 Å². The standard InChI is InChI=1S/C5H4F7/c6-2-4(9,10)1-5(11,12)3(7)8/h1-2H2. The maximum Gasteiger partial charge on any atom is 0.378 e. The third-order valence-electron chi connectivity index (χ3n) is 0.953. The summed E-state index contributed by atoms with van der Waals surface area (Å²) in [5.41, 5.74) is 0. The molecule has 12 heavy (non-hydrogen) atoms. The van der Waals surface area contributed by atoms with Crippen molar-refractivity contribution in [3.63, 3.8) is 0 Å². The van der Waals surface area contributed by atoms with Gasteiger partial charge < -0.3 is 0 Å². The summed E-state index contributed by atoms with van der Waals surface area (Å²) in [7, 11) is 0. The molecule has 0 fully saturated rings. The Morgan fingerprint density at radius 3 is 1.67 bits per heavy atom. The van der Waals surface area contributed by atoms with Gasteiger partial charge in [-0.2, -0.15) is 17.6 Å². The molecule has 0 amide bonds. The van der Waals surface area contributed by atoms with E-state index in [4.69, 9.17) is 0 Å². The van der Waals surface area contributed by atoms with Crippen molar-refractivity contribution in [3.05, 3.63) is 6.43 Å². The van der Waals surface area contributed by atoms with Crippen molar-refractivity contribution in [3.8, 4) is 0 Å². The van der Waals surface area contributed by atoms with Gasteiger partial charge in [0.25, 0.3) is 5.92 Å². The molecule has 0 saturated heterocycles. The minimum absolute atomic E-state index is 2.38. The zero-order valence-corrected chi connectivity index (χ0v) is 5.56. The first-order chi connectivity index (χ1) is 5.21. The molecule has 0 N–H and O–H groups in total. The van der Waals surface area contributed by atoms with Gasteiger partial charge in [0, 0.05) is 0 Å². The van der Waals surface area contributed by atoms with Crippen LogP contribution in [0.25, 0.3) is 0 Å². The first-order valence-electron chi connectivity index (χ1n) is 2.71. The lowest BCUT2D eigenvalue weighted by molar-refractivity contribution is -0.142. The molecule has 0 atom stereocenters. The molecule has 0 rings (SSSR count). The van der Waals surface area contributed by atoms with Crippen LogP contribution in [0.5, 0.6) is 0 Å². The van der Waals surface area contributed by atoms with E-state index in [-0.39, 0.29) is 0 Å². The van der Waals surface area contributed by atoms with Crippen molar-refractivity contribution in [2.45, 2.75) is 18.3 Å². The first kappa shape index (κ1) is 11.5. The summed E-state index contributed by atoms with van der Waals surface area (Å²) < 4.78 is 80.8. The fourth-order valence-electron chi connectivity index (χ4n) is 0.439. The summed E-state index contributed by atoms with van der Waals surface area (Å²) in [5.74, 6) is -9.33. The van der Waals surface area contributed by atoms with E-state index in [9.17, 15) is 30.7 Å². The molecule has 0 heterocycles. The molecule has 7 heteroatoms. The Bertz CT molecular complexity index is 141. The lowest BCUT2D eigenvalue weighted by atomic mass is 10.1. The fraction of sp³-hybridized carbons (Fsp3) is 0.800. The van der Waals surface area contributed by atoms with Crippen molar-refractivity contribution < 1.29 is 30.7 Å². The average molecular weight is 197 g/mol. The summed E-state index contributed by atoms with van der Waals surface area (Å²) in [6.45, 7) is -2.38. The normalized spacial score (nSPS) is 14.0. The van der Waals surface area contributed by atoms with E-state index in [0.717, 1.165) is 0 Å². The lowest BCUT2D eigenvalue weighted by Gasteiger charge is -2.18. The second kappa shape index (κ2) is 3.49. The molecule has 73 valence electrons. The van der Waals surface area contributed by atoms with E-state index in [2.05, 4.69) is 0 Å². The van der Waals surface area contributed by atoms with Gasteiger partial charge in [-0.3, -0.25) is 0 Å². The van der Waals surface area contributed by atoms with Crippen LogP contribution in [0.4, 0.5) is 30.7 Å². The number of hydrogen-bond acceptors (Lipinski definition) is 0. The third kappa shape index (κ3) is 3.27. The molecule has 0 aromatic carbocycles. The number of rotatable bonds is 4. The van der Waals surface area contributed by atoms with Crippen LogP contribution in [0.3, 0.4) is 0 Å². The molecule has 0 bridgehead atoms. The van der Waals surface area contributed by atoms with Gasteiger partial charge in [-0.05, 0) is 0 Å². The number of hydrogen-bond donors (Lipinski definition) is 0. The maximum absolute atomic E-state index is 11.8. The topological polar surface area (TPSA) is 0 Å². The quantitative estimate of drug-likeness (QED) is 0.607. The minimum atomic E-state index is -4.92. The van der Waals surface area contributed by atoms with E-state index >= 15 is 0 Å². The number of halogens is 7. The zero-order valence-electron chi connectivity index (χ0n) is 5.56. The maximum atomic E-state index is 11.8. The highest BCUT2D eigenvalue weighted by molar-refractivity contribution is 4.88. The predicted octanol–water partition coefficient (Wildman–Crippen LogP) is 3.05. The van der Waals surface area contributed by atoms with Gasteiger partial charge in [-0.15, -0.1) is 0 Å². The summed E-state index contributed by atoms with van der Waals surface area (Å²) in [4.78, 5) is 0. The molecule has 0 aromatic heterocycles. The summed E-state index contributed by atoms with van der Waals surface area (Å²) in [5, 5.41) is 0. The average Bonchev–Trinajstić information content (AvgIpc) is 1.85. The molecule has 1 radical (unpaired) electrons. The molecule has 0 aliphatic heterocycles. The summed E-state index contributed by atoms with van der Waals surface area (Å²) in [6, 6.07) is 0. The van der Waals surface area contributed by atoms with E-state index in [1.54, 1.807) is 0 Å². The molecular weight excluding hydrogens is 193 g/mol. The number of alkyl halides is 5. The molecule has 0 spiro atoms. The van der Waals surface area contributed by atoms with Crippen molar-refractivity contribution in [2.75, 3.05) is 6.67 Å². The Balaban J connectivity index is 4.23. The summed E-state index contributed by atoms with van der Waals surface area (Å²) >= 11 is 0. The highest BCUT2D eigenvalue weighted by Gasteiger charge is 2.51. The van der Waals surface area contributed by atoms with Crippen LogP contribution in [0.2, 0.25) is 0 Å². The zero-order chi connectivity index (χ0) is 9.99. The van der Waals surface area contributed by atoms with Crippen molar-refractivity contribution in [1.82, 2.24) is 0 Å². The van der Waals surface area contributed by atoms with Gasteiger partial charge in [0.2, 0.25) is 0 Å². The smallest absolute Gasteiger partial charge is 0.244 e. The van der Waals surface area contributed by atoms with Gasteiger partial charge in [-0.25, -0.2) is 13.2 Å². The monoisotopic (exact) mass is 197 g/mol. The Hall–Kier alpha value is -0.490. The highest BCUT2D eigenvalue weighted by Crippen LogP contribution is 2.38. The Morgan fingerprint density at radius 2 is 1.42 bits per heavy atom. The molecular formula is C5H4F7. The van der Waals surface area contributed by atoms with Gasteiger partial charge in [0.05, 0.1) is 6.42 Å². The van der Waals surface area contributed by atoms with Crippen molar-refractivity contribution >= 4 is 0 Å². The van der Waals surface area contributed by atoms with Gasteiger partial charge in [-0.1, -0.05) is 0 Å². The summed E-state index contributed by atoms with van der Waals surface area (Å²) in [6.07, 6.45) is -5.94. The second-order valence-corrected chi connectivity index (χ2v) is 2.13. The van der Waals surface area contributed by atoms with Crippen LogP contribution < -0.4 is 0 Å². The molecule has 0 nitrogen and oxygen atoms in total. The van der Waals surface area contributed by atoms with E-state index in [0.29, 0.717) is 0 Å². The molecule has 0 aliphatic rings. The molecule has 0 unspecified atom stereocenters. The largest absolute Gasteiger partial charge is 0.378 e. The molecule has 0 aliphatic carbocycles. The Labute approximate surface area is 63.4 Å². The third-order valence-corrected chi connectivity index (χ3v) is 0.953.